The van der Waals surface area contributed by atoms with Gasteiger partial charge in [0.2, 0.25) is 0 Å². The van der Waals surface area contributed by atoms with E-state index in [4.69, 9.17) is 16.7 Å². The Kier molecular flexibility index (Phi) is 3.80. The second kappa shape index (κ2) is 5.36. The van der Waals surface area contributed by atoms with E-state index in [9.17, 15) is 9.18 Å². The maximum Gasteiger partial charge on any atom is 0.358 e. The molecule has 0 atom stereocenters. The third kappa shape index (κ3) is 2.58. The van der Waals surface area contributed by atoms with Gasteiger partial charge in [0.1, 0.15) is 5.82 Å². The first kappa shape index (κ1) is 13.5. The van der Waals surface area contributed by atoms with Crippen molar-refractivity contribution in [2.24, 2.45) is 0 Å². The van der Waals surface area contributed by atoms with Crippen molar-refractivity contribution >= 4 is 17.6 Å². The van der Waals surface area contributed by atoms with Gasteiger partial charge in [0.05, 0.1) is 12.2 Å². The molecule has 0 aliphatic rings. The lowest BCUT2D eigenvalue weighted by Gasteiger charge is -2.08. The molecule has 5 nitrogen and oxygen atoms in total. The van der Waals surface area contributed by atoms with Gasteiger partial charge in [0.15, 0.2) is 5.69 Å². The number of benzene rings is 1. The van der Waals surface area contributed by atoms with E-state index in [-0.39, 0.29) is 22.8 Å². The number of aromatic carboxylic acids is 1. The van der Waals surface area contributed by atoms with Crippen molar-refractivity contribution in [3.63, 3.8) is 0 Å². The van der Waals surface area contributed by atoms with Crippen molar-refractivity contribution in [3.05, 3.63) is 46.0 Å². The molecule has 1 heterocycles. The third-order valence-corrected chi connectivity index (χ3v) is 3.10. The number of carboxylic acid groups (broad SMARTS) is 1. The number of carbonyl (C=O) groups is 1. The lowest BCUT2D eigenvalue weighted by Crippen LogP contribution is -2.10. The molecule has 2 aromatic rings. The molecule has 0 amide bonds. The average molecular weight is 284 g/mol. The molecule has 0 radical (unpaired) electrons. The Morgan fingerprint density at radius 2 is 2.26 bits per heavy atom. The van der Waals surface area contributed by atoms with Crippen molar-refractivity contribution in [2.75, 3.05) is 0 Å². The quantitative estimate of drug-likeness (QED) is 0.935. The van der Waals surface area contributed by atoms with Gasteiger partial charge in [-0.25, -0.2) is 13.9 Å². The summed E-state index contributed by atoms with van der Waals surface area (Å²) in [4.78, 5) is 11.0. The van der Waals surface area contributed by atoms with E-state index in [0.29, 0.717) is 12.1 Å². The fourth-order valence-electron chi connectivity index (χ4n) is 1.81. The van der Waals surface area contributed by atoms with Crippen LogP contribution in [0.2, 0.25) is 5.02 Å². The van der Waals surface area contributed by atoms with Gasteiger partial charge < -0.3 is 5.11 Å². The number of halogens is 2. The van der Waals surface area contributed by atoms with Gasteiger partial charge >= 0.3 is 5.97 Å². The van der Waals surface area contributed by atoms with Crippen molar-refractivity contribution in [3.8, 4) is 0 Å². The van der Waals surface area contributed by atoms with Gasteiger partial charge in [-0.3, -0.25) is 0 Å². The Labute approximate surface area is 113 Å². The van der Waals surface area contributed by atoms with Crippen LogP contribution in [0.25, 0.3) is 0 Å². The first-order valence-electron chi connectivity index (χ1n) is 5.63. The molecule has 0 bridgehead atoms. The highest BCUT2D eigenvalue weighted by Gasteiger charge is 2.19. The maximum atomic E-state index is 13.7. The largest absolute Gasteiger partial charge is 0.476 e. The molecule has 0 aliphatic carbocycles. The van der Waals surface area contributed by atoms with Crippen LogP contribution in [0.5, 0.6) is 0 Å². The molecular weight excluding hydrogens is 273 g/mol. The molecule has 0 fully saturated rings. The van der Waals surface area contributed by atoms with Crippen LogP contribution in [0, 0.1) is 5.82 Å². The van der Waals surface area contributed by atoms with E-state index in [1.165, 1.54) is 16.8 Å². The van der Waals surface area contributed by atoms with E-state index in [1.807, 2.05) is 0 Å². The van der Waals surface area contributed by atoms with Gasteiger partial charge in [0.25, 0.3) is 0 Å². The van der Waals surface area contributed by atoms with Crippen LogP contribution in [0.15, 0.2) is 18.2 Å². The first-order chi connectivity index (χ1) is 9.04. The van der Waals surface area contributed by atoms with Crippen LogP contribution >= 0.6 is 11.6 Å². The van der Waals surface area contributed by atoms with Gasteiger partial charge in [-0.15, -0.1) is 5.10 Å². The predicted molar refractivity (Wildman–Crippen MR) is 66.9 cm³/mol. The summed E-state index contributed by atoms with van der Waals surface area (Å²) in [5, 5.41) is 16.6. The SMILES string of the molecule is CCc1c(C(=O)O)nnn1Cc1c(F)cccc1Cl. The molecule has 2 rings (SSSR count). The second-order valence-corrected chi connectivity index (χ2v) is 4.31. The molecule has 0 saturated carbocycles. The monoisotopic (exact) mass is 283 g/mol. The molecule has 1 N–H and O–H groups in total. The predicted octanol–water partition coefficient (Wildman–Crippen LogP) is 2.38. The van der Waals surface area contributed by atoms with Crippen LogP contribution in [-0.2, 0) is 13.0 Å². The molecule has 0 aliphatic heterocycles. The molecule has 0 unspecified atom stereocenters. The Bertz CT molecular complexity index is 607. The number of carboxylic acids is 1. The van der Waals surface area contributed by atoms with E-state index >= 15 is 0 Å². The summed E-state index contributed by atoms with van der Waals surface area (Å²) in [7, 11) is 0. The number of nitrogens with zero attached hydrogens (tertiary/aromatic N) is 3. The van der Waals surface area contributed by atoms with Crippen molar-refractivity contribution in [2.45, 2.75) is 19.9 Å². The Balaban J connectivity index is 2.42. The number of hydrogen-bond acceptors (Lipinski definition) is 3. The lowest BCUT2D eigenvalue weighted by molar-refractivity contribution is 0.0689. The summed E-state index contributed by atoms with van der Waals surface area (Å²) in [5.41, 5.74) is 0.586. The minimum Gasteiger partial charge on any atom is -0.476 e. The molecule has 100 valence electrons. The number of hydrogen-bond donors (Lipinski definition) is 1. The zero-order valence-corrected chi connectivity index (χ0v) is 10.9. The standard InChI is InChI=1S/C12H11ClFN3O2/c1-2-10-11(12(18)19)15-16-17(10)6-7-8(13)4-3-5-9(7)14/h3-5H,2,6H2,1H3,(H,18,19). The summed E-state index contributed by atoms with van der Waals surface area (Å²) in [5.74, 6) is -1.61. The Hall–Kier alpha value is -1.95. The number of rotatable bonds is 4. The van der Waals surface area contributed by atoms with Crippen LogP contribution in [0.3, 0.4) is 0 Å². The average Bonchev–Trinajstić information content (AvgIpc) is 2.77. The molecular formula is C12H11ClFN3O2. The van der Waals surface area contributed by atoms with Crippen LogP contribution in [-0.4, -0.2) is 26.1 Å². The zero-order valence-electron chi connectivity index (χ0n) is 10.1. The zero-order chi connectivity index (χ0) is 14.0. The smallest absolute Gasteiger partial charge is 0.358 e. The van der Waals surface area contributed by atoms with Gasteiger partial charge in [0, 0.05) is 10.6 Å². The molecule has 0 spiro atoms. The Morgan fingerprint density at radius 3 is 2.84 bits per heavy atom. The lowest BCUT2D eigenvalue weighted by atomic mass is 10.2. The fourth-order valence-corrected chi connectivity index (χ4v) is 2.03. The van der Waals surface area contributed by atoms with Gasteiger partial charge in [-0.1, -0.05) is 29.8 Å². The van der Waals surface area contributed by atoms with Gasteiger partial charge in [-0.05, 0) is 18.6 Å². The van der Waals surface area contributed by atoms with Crippen LogP contribution in [0.4, 0.5) is 4.39 Å². The summed E-state index contributed by atoms with van der Waals surface area (Å²) in [6.45, 7) is 1.83. The van der Waals surface area contributed by atoms with Crippen molar-refractivity contribution in [1.82, 2.24) is 15.0 Å². The van der Waals surface area contributed by atoms with E-state index in [2.05, 4.69) is 10.3 Å². The summed E-state index contributed by atoms with van der Waals surface area (Å²) in [6.07, 6.45) is 0.431. The number of aromatic nitrogens is 3. The highest BCUT2D eigenvalue weighted by atomic mass is 35.5. The van der Waals surface area contributed by atoms with Crippen molar-refractivity contribution in [1.29, 1.82) is 0 Å². The highest BCUT2D eigenvalue weighted by molar-refractivity contribution is 6.31. The van der Waals surface area contributed by atoms with Gasteiger partial charge in [-0.2, -0.15) is 0 Å². The molecule has 19 heavy (non-hydrogen) atoms. The summed E-state index contributed by atoms with van der Waals surface area (Å²) < 4.78 is 15.0. The fraction of sp³-hybridized carbons (Fsp3) is 0.250. The second-order valence-electron chi connectivity index (χ2n) is 3.90. The van der Waals surface area contributed by atoms with Crippen LogP contribution in [0.1, 0.15) is 28.7 Å². The molecule has 1 aromatic carbocycles. The van der Waals surface area contributed by atoms with Crippen LogP contribution < -0.4 is 0 Å². The highest BCUT2D eigenvalue weighted by Crippen LogP contribution is 2.21. The van der Waals surface area contributed by atoms with Crippen molar-refractivity contribution < 1.29 is 14.3 Å². The minimum absolute atomic E-state index is 0.0506. The minimum atomic E-state index is -1.15. The van der Waals surface area contributed by atoms with E-state index < -0.39 is 11.8 Å². The molecule has 1 aromatic heterocycles. The maximum absolute atomic E-state index is 13.7. The van der Waals surface area contributed by atoms with E-state index in [0.717, 1.165) is 0 Å². The Morgan fingerprint density at radius 1 is 1.53 bits per heavy atom. The third-order valence-electron chi connectivity index (χ3n) is 2.74. The first-order valence-corrected chi connectivity index (χ1v) is 6.01. The topological polar surface area (TPSA) is 68.0 Å². The molecule has 7 heteroatoms. The molecule has 0 saturated heterocycles. The normalized spacial score (nSPS) is 10.7. The summed E-state index contributed by atoms with van der Waals surface area (Å²) >= 11 is 5.93. The van der Waals surface area contributed by atoms with E-state index in [1.54, 1.807) is 13.0 Å². The summed E-state index contributed by atoms with van der Waals surface area (Å²) in [6, 6.07) is 4.37.